The summed E-state index contributed by atoms with van der Waals surface area (Å²) in [5, 5.41) is 21.1. The van der Waals surface area contributed by atoms with Crippen molar-refractivity contribution in [1.82, 2.24) is 15.1 Å². The van der Waals surface area contributed by atoms with E-state index in [-0.39, 0.29) is 30.5 Å². The molecule has 0 bridgehead atoms. The Morgan fingerprint density at radius 3 is 2.47 bits per heavy atom. The third-order valence-corrected chi connectivity index (χ3v) is 6.30. The van der Waals surface area contributed by atoms with Crippen LogP contribution in [0.25, 0.3) is 0 Å². The van der Waals surface area contributed by atoms with Gasteiger partial charge in [0.1, 0.15) is 18.1 Å². The number of thioether (sulfide) groups is 1. The number of rotatable bonds is 9. The van der Waals surface area contributed by atoms with Crippen molar-refractivity contribution in [2.45, 2.75) is 31.0 Å². The number of fused-ring (bicyclic) bond motifs is 1. The highest BCUT2D eigenvalue weighted by Gasteiger charge is 2.25. The first kappa shape index (κ1) is 23.3. The van der Waals surface area contributed by atoms with Gasteiger partial charge in [0.25, 0.3) is 5.69 Å². The molecule has 0 fully saturated rings. The fraction of sp³-hybridized carbons (Fsp3) is 0.261. The monoisotopic (exact) mass is 481 g/mol. The van der Waals surface area contributed by atoms with Gasteiger partial charge in [-0.05, 0) is 23.3 Å². The zero-order valence-electron chi connectivity index (χ0n) is 18.4. The van der Waals surface area contributed by atoms with Crippen molar-refractivity contribution in [3.63, 3.8) is 0 Å². The van der Waals surface area contributed by atoms with E-state index in [1.807, 2.05) is 24.3 Å². The summed E-state index contributed by atoms with van der Waals surface area (Å²) >= 11 is 1.70. The molecule has 0 atom stereocenters. The standard InChI is InChI=1S/C23H23N5O5S/c1-33-18-8-4-16(5-9-18)11-24-22(30)12-27-23(19-13-34-14-20(19)26-27)25-21(29)10-15-2-6-17(7-3-15)28(31)32/h2-9H,10-14H2,1H3,(H,24,30)(H,25,29). The Morgan fingerprint density at radius 1 is 1.09 bits per heavy atom. The van der Waals surface area contributed by atoms with Gasteiger partial charge < -0.3 is 15.4 Å². The molecule has 3 aromatic rings. The molecule has 11 heteroatoms. The largest absolute Gasteiger partial charge is 0.497 e. The molecule has 1 aromatic heterocycles. The number of anilines is 1. The molecule has 4 rings (SSSR count). The average Bonchev–Trinajstić information content (AvgIpc) is 3.41. The van der Waals surface area contributed by atoms with Crippen LogP contribution in [0.2, 0.25) is 0 Å². The van der Waals surface area contributed by atoms with Crippen LogP contribution < -0.4 is 15.4 Å². The van der Waals surface area contributed by atoms with Crippen LogP contribution in [0.1, 0.15) is 22.4 Å². The lowest BCUT2D eigenvalue weighted by molar-refractivity contribution is -0.384. The van der Waals surface area contributed by atoms with Crippen LogP contribution in [0.4, 0.5) is 11.5 Å². The number of nitrogens with zero attached hydrogens (tertiary/aromatic N) is 3. The lowest BCUT2D eigenvalue weighted by atomic mass is 10.1. The summed E-state index contributed by atoms with van der Waals surface area (Å²) in [4.78, 5) is 35.6. The molecular formula is C23H23N5O5S. The first-order chi connectivity index (χ1) is 16.4. The Labute approximate surface area is 199 Å². The lowest BCUT2D eigenvalue weighted by Gasteiger charge is -2.12. The van der Waals surface area contributed by atoms with E-state index in [0.717, 1.165) is 28.3 Å². The molecule has 0 saturated carbocycles. The molecule has 2 heterocycles. The van der Waals surface area contributed by atoms with Gasteiger partial charge >= 0.3 is 0 Å². The summed E-state index contributed by atoms with van der Waals surface area (Å²) in [5.41, 5.74) is 3.34. The average molecular weight is 482 g/mol. The summed E-state index contributed by atoms with van der Waals surface area (Å²) in [6.45, 7) is 0.336. The van der Waals surface area contributed by atoms with Gasteiger partial charge in [-0.15, -0.1) is 0 Å². The highest BCUT2D eigenvalue weighted by Crippen LogP contribution is 2.34. The van der Waals surface area contributed by atoms with Gasteiger partial charge in [-0.2, -0.15) is 16.9 Å². The second-order valence-corrected chi connectivity index (χ2v) is 8.68. The molecule has 1 aliphatic rings. The molecule has 0 aliphatic carbocycles. The van der Waals surface area contributed by atoms with Crippen molar-refractivity contribution in [2.24, 2.45) is 0 Å². The van der Waals surface area contributed by atoms with Crippen molar-refractivity contribution in [2.75, 3.05) is 12.4 Å². The molecule has 10 nitrogen and oxygen atoms in total. The third-order valence-electron chi connectivity index (χ3n) is 5.33. The number of nitrogens with one attached hydrogen (secondary N) is 2. The molecule has 0 saturated heterocycles. The zero-order valence-corrected chi connectivity index (χ0v) is 19.3. The van der Waals surface area contributed by atoms with Gasteiger partial charge in [0.2, 0.25) is 11.8 Å². The minimum atomic E-state index is -0.483. The molecule has 34 heavy (non-hydrogen) atoms. The summed E-state index contributed by atoms with van der Waals surface area (Å²) in [6.07, 6.45) is 0.0504. The summed E-state index contributed by atoms with van der Waals surface area (Å²) < 4.78 is 6.67. The van der Waals surface area contributed by atoms with Crippen LogP contribution >= 0.6 is 11.8 Å². The third kappa shape index (κ3) is 5.54. The van der Waals surface area contributed by atoms with Gasteiger partial charge in [-0.1, -0.05) is 24.3 Å². The molecule has 2 amide bonds. The van der Waals surface area contributed by atoms with E-state index >= 15 is 0 Å². The van der Waals surface area contributed by atoms with E-state index in [0.29, 0.717) is 23.7 Å². The highest BCUT2D eigenvalue weighted by molar-refractivity contribution is 7.98. The van der Waals surface area contributed by atoms with Crippen LogP contribution in [0.5, 0.6) is 5.75 Å². The van der Waals surface area contributed by atoms with Crippen LogP contribution in [0.15, 0.2) is 48.5 Å². The van der Waals surface area contributed by atoms with Crippen LogP contribution in [-0.2, 0) is 40.6 Å². The maximum absolute atomic E-state index is 12.7. The van der Waals surface area contributed by atoms with Gasteiger partial charge in [0.05, 0.1) is 24.1 Å². The summed E-state index contributed by atoms with van der Waals surface area (Å²) in [6, 6.07) is 13.3. The second kappa shape index (κ2) is 10.4. The molecule has 2 N–H and O–H groups in total. The molecular weight excluding hydrogens is 458 g/mol. The van der Waals surface area contributed by atoms with E-state index in [9.17, 15) is 19.7 Å². The predicted octanol–water partition coefficient (Wildman–Crippen LogP) is 3.04. The quantitative estimate of drug-likeness (QED) is 0.355. The Hall–Kier alpha value is -3.86. The minimum Gasteiger partial charge on any atom is -0.497 e. The van der Waals surface area contributed by atoms with E-state index in [4.69, 9.17) is 4.74 Å². The molecule has 1 aliphatic heterocycles. The Morgan fingerprint density at radius 2 is 1.79 bits per heavy atom. The van der Waals surface area contributed by atoms with Crippen molar-refractivity contribution in [3.8, 4) is 5.75 Å². The normalized spacial score (nSPS) is 12.1. The van der Waals surface area contributed by atoms with Crippen LogP contribution in [-0.4, -0.2) is 33.6 Å². The number of amides is 2. The number of carbonyl (C=O) groups excluding carboxylic acids is 2. The van der Waals surface area contributed by atoms with Gasteiger partial charge in [0.15, 0.2) is 0 Å². The smallest absolute Gasteiger partial charge is 0.269 e. The van der Waals surface area contributed by atoms with Crippen molar-refractivity contribution < 1.29 is 19.2 Å². The number of ether oxygens (including phenoxy) is 1. The lowest BCUT2D eigenvalue weighted by Crippen LogP contribution is -2.29. The molecule has 0 unspecified atom stereocenters. The number of hydrogen-bond acceptors (Lipinski definition) is 7. The van der Waals surface area contributed by atoms with E-state index < -0.39 is 4.92 Å². The maximum atomic E-state index is 12.7. The minimum absolute atomic E-state index is 0.0268. The van der Waals surface area contributed by atoms with Crippen LogP contribution in [0, 0.1) is 10.1 Å². The number of hydrogen-bond donors (Lipinski definition) is 2. The number of carbonyl (C=O) groups is 2. The fourth-order valence-electron chi connectivity index (χ4n) is 3.55. The first-order valence-corrected chi connectivity index (χ1v) is 11.7. The number of benzene rings is 2. The second-order valence-electron chi connectivity index (χ2n) is 7.70. The number of nitro benzene ring substituents is 1. The maximum Gasteiger partial charge on any atom is 0.269 e. The van der Waals surface area contributed by atoms with Crippen molar-refractivity contribution in [1.29, 1.82) is 0 Å². The molecule has 176 valence electrons. The predicted molar refractivity (Wildman–Crippen MR) is 127 cm³/mol. The number of methoxy groups -OCH3 is 1. The van der Waals surface area contributed by atoms with Gasteiger partial charge in [-0.3, -0.25) is 19.7 Å². The Balaban J connectivity index is 1.40. The van der Waals surface area contributed by atoms with Crippen molar-refractivity contribution >= 4 is 35.1 Å². The van der Waals surface area contributed by atoms with E-state index in [1.54, 1.807) is 31.0 Å². The van der Waals surface area contributed by atoms with E-state index in [2.05, 4.69) is 15.7 Å². The van der Waals surface area contributed by atoms with E-state index in [1.165, 1.54) is 16.8 Å². The summed E-state index contributed by atoms with van der Waals surface area (Å²) in [7, 11) is 1.60. The first-order valence-electron chi connectivity index (χ1n) is 10.5. The summed E-state index contributed by atoms with van der Waals surface area (Å²) in [5.74, 6) is 2.18. The number of non-ortho nitro benzene ring substituents is 1. The molecule has 0 radical (unpaired) electrons. The molecule has 2 aromatic carbocycles. The van der Waals surface area contributed by atoms with Crippen molar-refractivity contribution in [3.05, 3.63) is 81.0 Å². The van der Waals surface area contributed by atoms with Gasteiger partial charge in [-0.25, -0.2) is 4.68 Å². The van der Waals surface area contributed by atoms with Crippen LogP contribution in [0.3, 0.4) is 0 Å². The fourth-order valence-corrected chi connectivity index (χ4v) is 4.59. The molecule has 0 spiro atoms. The Kier molecular flexibility index (Phi) is 7.12. The zero-order chi connectivity index (χ0) is 24.1. The number of nitro groups is 1. The Bertz CT molecular complexity index is 1210. The topological polar surface area (TPSA) is 128 Å². The highest BCUT2D eigenvalue weighted by atomic mass is 32.2. The number of aromatic nitrogens is 2. The SMILES string of the molecule is COc1ccc(CNC(=O)Cn2nc3c(c2NC(=O)Cc2ccc([N+](=O)[O-])cc2)CSC3)cc1. The van der Waals surface area contributed by atoms with Gasteiger partial charge in [0, 0.05) is 35.7 Å².